The highest BCUT2D eigenvalue weighted by Crippen LogP contribution is 2.27. The van der Waals surface area contributed by atoms with Crippen LogP contribution in [-0.2, 0) is 5.88 Å². The Hall–Kier alpha value is -1.32. The van der Waals surface area contributed by atoms with Gasteiger partial charge in [0.2, 0.25) is 0 Å². The minimum Gasteiger partial charge on any atom is -0.359 e. The Morgan fingerprint density at radius 1 is 1.05 bits per heavy atom. The number of hydrogen-bond donors (Lipinski definition) is 0. The lowest BCUT2D eigenvalue weighted by Gasteiger charge is -2.21. The summed E-state index contributed by atoms with van der Waals surface area (Å²) in [6.07, 6.45) is 3.02. The highest BCUT2D eigenvalue weighted by Gasteiger charge is 2.10. The maximum Gasteiger partial charge on any atom is 0.136 e. The predicted octanol–water partition coefficient (Wildman–Crippen LogP) is 3.36. The fourth-order valence-corrected chi connectivity index (χ4v) is 2.59. The van der Waals surface area contributed by atoms with Crippen molar-refractivity contribution in [3.8, 4) is 0 Å². The second-order valence-corrected chi connectivity index (χ2v) is 5.63. The van der Waals surface area contributed by atoms with E-state index in [0.29, 0.717) is 5.88 Å². The average Bonchev–Trinajstić information content (AvgIpc) is 2.45. The van der Waals surface area contributed by atoms with Crippen LogP contribution in [0.5, 0.6) is 0 Å². The molecule has 0 radical (unpaired) electrons. The van der Waals surface area contributed by atoms with Gasteiger partial charge >= 0.3 is 0 Å². The zero-order valence-electron chi connectivity index (χ0n) is 12.4. The molecule has 0 aliphatic rings. The fraction of sp³-hybridized carbons (Fsp3) is 0.438. The topological polar surface area (TPSA) is 19.4 Å². The Bertz CT molecular complexity index is 569. The average molecular weight is 292 g/mol. The number of aromatic nitrogens is 1. The van der Waals surface area contributed by atoms with E-state index in [9.17, 15) is 0 Å². The number of fused-ring (bicyclic) bond motifs is 1. The molecule has 0 spiro atoms. The van der Waals surface area contributed by atoms with Gasteiger partial charge in [0.05, 0.1) is 0 Å². The number of alkyl halides is 1. The normalized spacial score (nSPS) is 11.2. The molecule has 4 heteroatoms. The molecule has 0 amide bonds. The summed E-state index contributed by atoms with van der Waals surface area (Å²) in [6, 6.07) is 8.34. The zero-order valence-corrected chi connectivity index (χ0v) is 13.2. The molecule has 108 valence electrons. The second-order valence-electron chi connectivity index (χ2n) is 5.36. The highest BCUT2D eigenvalue weighted by atomic mass is 35.5. The van der Waals surface area contributed by atoms with E-state index in [4.69, 9.17) is 11.6 Å². The molecule has 0 aliphatic carbocycles. The van der Waals surface area contributed by atoms with Crippen molar-refractivity contribution < 1.29 is 0 Å². The van der Waals surface area contributed by atoms with E-state index in [1.54, 1.807) is 0 Å². The molecule has 0 bridgehead atoms. The summed E-state index contributed by atoms with van der Waals surface area (Å²) in [6.45, 7) is 2.08. The van der Waals surface area contributed by atoms with E-state index < -0.39 is 0 Å². The summed E-state index contributed by atoms with van der Waals surface area (Å²) in [5, 5.41) is 2.38. The SMILES string of the molecule is CN(C)CCCN(C)c1ncc(CCl)c2ccccc12. The summed E-state index contributed by atoms with van der Waals surface area (Å²) in [5.74, 6) is 1.53. The number of anilines is 1. The molecule has 1 aromatic carbocycles. The summed E-state index contributed by atoms with van der Waals surface area (Å²) in [5.41, 5.74) is 1.09. The smallest absolute Gasteiger partial charge is 0.136 e. The number of pyridine rings is 1. The first-order valence-corrected chi connectivity index (χ1v) is 7.45. The monoisotopic (exact) mass is 291 g/mol. The molecule has 2 aromatic rings. The van der Waals surface area contributed by atoms with Gasteiger partial charge < -0.3 is 9.80 Å². The van der Waals surface area contributed by atoms with E-state index in [1.807, 2.05) is 12.3 Å². The van der Waals surface area contributed by atoms with Crippen LogP contribution in [0.1, 0.15) is 12.0 Å². The van der Waals surface area contributed by atoms with Gasteiger partial charge in [-0.15, -0.1) is 11.6 Å². The minimum atomic E-state index is 0.498. The number of benzene rings is 1. The molecule has 1 heterocycles. The van der Waals surface area contributed by atoms with Crippen LogP contribution >= 0.6 is 11.6 Å². The molecule has 20 heavy (non-hydrogen) atoms. The second kappa shape index (κ2) is 6.91. The van der Waals surface area contributed by atoms with Crippen LogP contribution in [0.25, 0.3) is 10.8 Å². The fourth-order valence-electron chi connectivity index (χ4n) is 2.38. The molecule has 0 fully saturated rings. The van der Waals surface area contributed by atoms with Crippen molar-refractivity contribution >= 4 is 28.2 Å². The van der Waals surface area contributed by atoms with Gasteiger partial charge in [-0.2, -0.15) is 0 Å². The third kappa shape index (κ3) is 3.41. The summed E-state index contributed by atoms with van der Waals surface area (Å²) in [4.78, 5) is 9.03. The summed E-state index contributed by atoms with van der Waals surface area (Å²) < 4.78 is 0. The van der Waals surface area contributed by atoms with Crippen molar-refractivity contribution in [3.05, 3.63) is 36.0 Å². The van der Waals surface area contributed by atoms with Crippen molar-refractivity contribution in [2.45, 2.75) is 12.3 Å². The molecule has 0 N–H and O–H groups in total. The van der Waals surface area contributed by atoms with E-state index in [1.165, 1.54) is 10.8 Å². The van der Waals surface area contributed by atoms with E-state index in [2.05, 4.69) is 54.1 Å². The number of nitrogens with zero attached hydrogens (tertiary/aromatic N) is 3. The quantitative estimate of drug-likeness (QED) is 0.761. The van der Waals surface area contributed by atoms with E-state index >= 15 is 0 Å². The molecule has 0 aliphatic heterocycles. The highest BCUT2D eigenvalue weighted by molar-refractivity contribution is 6.18. The van der Waals surface area contributed by atoms with Crippen LogP contribution < -0.4 is 4.90 Å². The molecular weight excluding hydrogens is 270 g/mol. The third-order valence-corrected chi connectivity index (χ3v) is 3.75. The van der Waals surface area contributed by atoms with Crippen molar-refractivity contribution in [2.75, 3.05) is 39.1 Å². The van der Waals surface area contributed by atoms with Crippen LogP contribution in [-0.4, -0.2) is 44.1 Å². The van der Waals surface area contributed by atoms with Crippen LogP contribution in [0.15, 0.2) is 30.5 Å². The van der Waals surface area contributed by atoms with Gasteiger partial charge in [0.25, 0.3) is 0 Å². The number of hydrogen-bond acceptors (Lipinski definition) is 3. The van der Waals surface area contributed by atoms with Gasteiger partial charge in [-0.05, 0) is 38.0 Å². The van der Waals surface area contributed by atoms with Gasteiger partial charge in [-0.25, -0.2) is 4.98 Å². The van der Waals surface area contributed by atoms with Gasteiger partial charge in [0, 0.05) is 31.1 Å². The van der Waals surface area contributed by atoms with Crippen molar-refractivity contribution in [1.82, 2.24) is 9.88 Å². The van der Waals surface area contributed by atoms with Crippen LogP contribution in [0.2, 0.25) is 0 Å². The van der Waals surface area contributed by atoms with Gasteiger partial charge in [-0.1, -0.05) is 24.3 Å². The lowest BCUT2D eigenvalue weighted by Crippen LogP contribution is -2.24. The van der Waals surface area contributed by atoms with Crippen LogP contribution in [0, 0.1) is 0 Å². The first kappa shape index (κ1) is 15.1. The molecule has 0 saturated carbocycles. The number of rotatable bonds is 6. The van der Waals surface area contributed by atoms with E-state index in [-0.39, 0.29) is 0 Å². The molecule has 3 nitrogen and oxygen atoms in total. The molecule has 2 rings (SSSR count). The Kier molecular flexibility index (Phi) is 5.21. The van der Waals surface area contributed by atoms with Gasteiger partial charge in [-0.3, -0.25) is 0 Å². The maximum absolute atomic E-state index is 6.00. The Labute approximate surface area is 126 Å². The first-order valence-electron chi connectivity index (χ1n) is 6.92. The van der Waals surface area contributed by atoms with E-state index in [0.717, 1.165) is 30.9 Å². The maximum atomic E-state index is 6.00. The summed E-state index contributed by atoms with van der Waals surface area (Å²) in [7, 11) is 6.30. The Morgan fingerprint density at radius 3 is 2.40 bits per heavy atom. The number of halogens is 1. The summed E-state index contributed by atoms with van der Waals surface area (Å²) >= 11 is 6.00. The third-order valence-electron chi connectivity index (χ3n) is 3.46. The minimum absolute atomic E-state index is 0.498. The molecular formula is C16H22ClN3. The Balaban J connectivity index is 2.26. The molecule has 0 unspecified atom stereocenters. The largest absolute Gasteiger partial charge is 0.359 e. The van der Waals surface area contributed by atoms with Crippen molar-refractivity contribution in [3.63, 3.8) is 0 Å². The molecule has 1 aromatic heterocycles. The molecule has 0 saturated heterocycles. The van der Waals surface area contributed by atoms with Crippen molar-refractivity contribution in [2.24, 2.45) is 0 Å². The van der Waals surface area contributed by atoms with Crippen molar-refractivity contribution in [1.29, 1.82) is 0 Å². The lowest BCUT2D eigenvalue weighted by atomic mass is 10.1. The predicted molar refractivity (Wildman–Crippen MR) is 87.7 cm³/mol. The Morgan fingerprint density at radius 2 is 1.75 bits per heavy atom. The van der Waals surface area contributed by atoms with Gasteiger partial charge in [0.1, 0.15) is 5.82 Å². The molecule has 0 atom stereocenters. The van der Waals surface area contributed by atoms with Gasteiger partial charge in [0.15, 0.2) is 0 Å². The van der Waals surface area contributed by atoms with Crippen LogP contribution in [0.3, 0.4) is 0 Å². The standard InChI is InChI=1S/C16H22ClN3/c1-19(2)9-6-10-20(3)16-15-8-5-4-7-14(15)13(11-17)12-18-16/h4-5,7-8,12H,6,9-11H2,1-3H3. The lowest BCUT2D eigenvalue weighted by molar-refractivity contribution is 0.401. The van der Waals surface area contributed by atoms with Crippen LogP contribution in [0.4, 0.5) is 5.82 Å². The first-order chi connectivity index (χ1) is 9.63. The zero-order chi connectivity index (χ0) is 14.5.